The van der Waals surface area contributed by atoms with Gasteiger partial charge in [0.25, 0.3) is 0 Å². The van der Waals surface area contributed by atoms with E-state index in [1.54, 1.807) is 17.4 Å². The van der Waals surface area contributed by atoms with Crippen molar-refractivity contribution >= 4 is 22.8 Å². The predicted molar refractivity (Wildman–Crippen MR) is 88.5 cm³/mol. The van der Waals surface area contributed by atoms with Crippen molar-refractivity contribution < 1.29 is 18.3 Å². The van der Waals surface area contributed by atoms with Crippen molar-refractivity contribution in [3.63, 3.8) is 0 Å². The van der Waals surface area contributed by atoms with Crippen LogP contribution in [0.15, 0.2) is 35.7 Å². The summed E-state index contributed by atoms with van der Waals surface area (Å²) in [5, 5.41) is 5.01. The van der Waals surface area contributed by atoms with E-state index in [1.807, 2.05) is 31.4 Å². The van der Waals surface area contributed by atoms with Gasteiger partial charge in [0, 0.05) is 23.4 Å². The van der Waals surface area contributed by atoms with Crippen LogP contribution in [0.25, 0.3) is 0 Å². The monoisotopic (exact) mass is 339 g/mol. The Morgan fingerprint density at radius 1 is 1.30 bits per heavy atom. The fraction of sp³-hybridized carbons (Fsp3) is 0.353. The molecule has 23 heavy (non-hydrogen) atoms. The van der Waals surface area contributed by atoms with Crippen LogP contribution in [-0.2, 0) is 6.54 Å². The lowest BCUT2D eigenvalue weighted by atomic mass is 10.0. The van der Waals surface area contributed by atoms with Gasteiger partial charge in [0.2, 0.25) is 0 Å². The number of anilines is 1. The molecule has 0 unspecified atom stereocenters. The zero-order chi connectivity index (χ0) is 16.8. The lowest BCUT2D eigenvalue weighted by molar-refractivity contribution is -0.0493. The number of ether oxygens (including phenoxy) is 1. The number of Topliss-reactive ketones (excluding diaryl/α,β-unsaturated/α-hetero) is 1. The Morgan fingerprint density at radius 3 is 2.70 bits per heavy atom. The molecule has 0 fully saturated rings. The lowest BCUT2D eigenvalue weighted by Gasteiger charge is -2.14. The summed E-state index contributed by atoms with van der Waals surface area (Å²) in [6, 6.07) is 8.38. The molecule has 124 valence electrons. The van der Waals surface area contributed by atoms with Crippen LogP contribution < -0.4 is 10.1 Å². The number of alkyl halides is 2. The number of benzene rings is 1. The number of nitrogens with one attached hydrogen (secondary N) is 1. The van der Waals surface area contributed by atoms with Gasteiger partial charge in [0.15, 0.2) is 5.78 Å². The lowest BCUT2D eigenvalue weighted by Crippen LogP contribution is -2.09. The molecule has 0 aliphatic carbocycles. The minimum absolute atomic E-state index is 0.0113. The Balaban J connectivity index is 2.20. The Kier molecular flexibility index (Phi) is 6.10. The molecule has 0 amide bonds. The molecule has 0 saturated carbocycles. The van der Waals surface area contributed by atoms with Crippen LogP contribution >= 0.6 is 11.3 Å². The van der Waals surface area contributed by atoms with Crippen molar-refractivity contribution in [3.8, 4) is 5.75 Å². The smallest absolute Gasteiger partial charge is 0.387 e. The third-order valence-corrected chi connectivity index (χ3v) is 4.02. The van der Waals surface area contributed by atoms with E-state index in [4.69, 9.17) is 0 Å². The molecule has 0 bridgehead atoms. The molecular weight excluding hydrogens is 320 g/mol. The van der Waals surface area contributed by atoms with Gasteiger partial charge in [-0.2, -0.15) is 8.78 Å². The molecule has 2 rings (SSSR count). The van der Waals surface area contributed by atoms with E-state index in [-0.39, 0.29) is 17.5 Å². The SMILES string of the molecule is CC(C)CC(=O)c1ccc(OC(F)F)c(NCc2cccs2)c1. The number of thiophene rings is 1. The highest BCUT2D eigenvalue weighted by Crippen LogP contribution is 2.29. The maximum atomic E-state index is 12.5. The van der Waals surface area contributed by atoms with E-state index >= 15 is 0 Å². The average molecular weight is 339 g/mol. The number of hydrogen-bond acceptors (Lipinski definition) is 4. The molecule has 6 heteroatoms. The summed E-state index contributed by atoms with van der Waals surface area (Å²) in [5.41, 5.74) is 0.891. The molecule has 1 aromatic carbocycles. The molecule has 1 heterocycles. The first-order valence-electron chi connectivity index (χ1n) is 7.34. The molecular formula is C17H19F2NO2S. The van der Waals surface area contributed by atoms with E-state index in [0.29, 0.717) is 24.2 Å². The third-order valence-electron chi connectivity index (χ3n) is 3.14. The second-order valence-electron chi connectivity index (χ2n) is 5.54. The zero-order valence-electron chi connectivity index (χ0n) is 13.0. The molecule has 0 saturated heterocycles. The van der Waals surface area contributed by atoms with Crippen LogP contribution in [-0.4, -0.2) is 12.4 Å². The second kappa shape index (κ2) is 8.06. The summed E-state index contributed by atoms with van der Waals surface area (Å²) in [4.78, 5) is 13.2. The highest BCUT2D eigenvalue weighted by molar-refractivity contribution is 7.09. The van der Waals surface area contributed by atoms with E-state index < -0.39 is 6.61 Å². The molecule has 0 radical (unpaired) electrons. The van der Waals surface area contributed by atoms with Gasteiger partial charge in [-0.25, -0.2) is 0 Å². The van der Waals surface area contributed by atoms with Crippen LogP contribution in [0.4, 0.5) is 14.5 Å². The second-order valence-corrected chi connectivity index (χ2v) is 6.58. The number of carbonyl (C=O) groups excluding carboxylic acids is 1. The van der Waals surface area contributed by atoms with Crippen molar-refractivity contribution in [1.82, 2.24) is 0 Å². The Morgan fingerprint density at radius 2 is 2.09 bits per heavy atom. The van der Waals surface area contributed by atoms with Crippen LogP contribution in [0.2, 0.25) is 0 Å². The summed E-state index contributed by atoms with van der Waals surface area (Å²) >= 11 is 1.56. The molecule has 0 spiro atoms. The summed E-state index contributed by atoms with van der Waals surface area (Å²) < 4.78 is 29.6. The van der Waals surface area contributed by atoms with Gasteiger partial charge in [-0.05, 0) is 35.6 Å². The van der Waals surface area contributed by atoms with Crippen LogP contribution in [0.5, 0.6) is 5.75 Å². The van der Waals surface area contributed by atoms with E-state index in [0.717, 1.165) is 4.88 Å². The topological polar surface area (TPSA) is 38.3 Å². The van der Waals surface area contributed by atoms with Crippen LogP contribution in [0, 0.1) is 5.92 Å². The zero-order valence-corrected chi connectivity index (χ0v) is 13.8. The third kappa shape index (κ3) is 5.32. The molecule has 3 nitrogen and oxygen atoms in total. The fourth-order valence-electron chi connectivity index (χ4n) is 2.12. The summed E-state index contributed by atoms with van der Waals surface area (Å²) in [6.45, 7) is 1.50. The minimum Gasteiger partial charge on any atom is -0.433 e. The Labute approximate surface area is 138 Å². The molecule has 1 aromatic heterocycles. The van der Waals surface area contributed by atoms with Crippen molar-refractivity contribution in [2.24, 2.45) is 5.92 Å². The average Bonchev–Trinajstić information content (AvgIpc) is 2.98. The maximum absolute atomic E-state index is 12.5. The summed E-state index contributed by atoms with van der Waals surface area (Å²) in [5.74, 6) is 0.266. The van der Waals surface area contributed by atoms with Gasteiger partial charge in [-0.1, -0.05) is 19.9 Å². The quantitative estimate of drug-likeness (QED) is 0.673. The van der Waals surface area contributed by atoms with Gasteiger partial charge >= 0.3 is 6.61 Å². The molecule has 0 aliphatic heterocycles. The van der Waals surface area contributed by atoms with E-state index in [2.05, 4.69) is 10.1 Å². The minimum atomic E-state index is -2.91. The highest BCUT2D eigenvalue weighted by Gasteiger charge is 2.14. The first kappa shape index (κ1) is 17.4. The first-order chi connectivity index (χ1) is 11.0. The van der Waals surface area contributed by atoms with Gasteiger partial charge < -0.3 is 10.1 Å². The number of hydrogen-bond donors (Lipinski definition) is 1. The van der Waals surface area contributed by atoms with Crippen molar-refractivity contribution in [2.45, 2.75) is 33.4 Å². The standard InChI is InChI=1S/C17H19F2NO2S/c1-11(2)8-15(21)12-5-6-16(22-17(18)19)14(9-12)20-10-13-4-3-7-23-13/h3-7,9,11,17,20H,8,10H2,1-2H3. The molecule has 2 aromatic rings. The van der Waals surface area contributed by atoms with Crippen LogP contribution in [0.1, 0.15) is 35.5 Å². The number of ketones is 1. The number of halogens is 2. The summed E-state index contributed by atoms with van der Waals surface area (Å²) in [7, 11) is 0. The number of rotatable bonds is 8. The normalized spacial score (nSPS) is 11.0. The Hall–Kier alpha value is -1.95. The van der Waals surface area contributed by atoms with E-state index in [9.17, 15) is 13.6 Å². The largest absolute Gasteiger partial charge is 0.433 e. The highest BCUT2D eigenvalue weighted by atomic mass is 32.1. The van der Waals surface area contributed by atoms with Crippen molar-refractivity contribution in [2.75, 3.05) is 5.32 Å². The van der Waals surface area contributed by atoms with Gasteiger partial charge in [0.05, 0.1) is 5.69 Å². The van der Waals surface area contributed by atoms with Crippen LogP contribution in [0.3, 0.4) is 0 Å². The molecule has 0 atom stereocenters. The maximum Gasteiger partial charge on any atom is 0.387 e. The summed E-state index contributed by atoms with van der Waals surface area (Å²) in [6.07, 6.45) is 0.416. The van der Waals surface area contributed by atoms with Crippen molar-refractivity contribution in [1.29, 1.82) is 0 Å². The fourth-order valence-corrected chi connectivity index (χ4v) is 2.77. The first-order valence-corrected chi connectivity index (χ1v) is 8.22. The number of carbonyl (C=O) groups is 1. The van der Waals surface area contributed by atoms with Gasteiger partial charge in [0.1, 0.15) is 5.75 Å². The van der Waals surface area contributed by atoms with Gasteiger partial charge in [-0.15, -0.1) is 11.3 Å². The molecule has 1 N–H and O–H groups in total. The molecule has 0 aliphatic rings. The van der Waals surface area contributed by atoms with E-state index in [1.165, 1.54) is 12.1 Å². The Bertz CT molecular complexity index is 642. The van der Waals surface area contributed by atoms with Gasteiger partial charge in [-0.3, -0.25) is 4.79 Å². The van der Waals surface area contributed by atoms with Crippen molar-refractivity contribution in [3.05, 3.63) is 46.2 Å². The predicted octanol–water partition coefficient (Wildman–Crippen LogP) is 5.19.